The summed E-state index contributed by atoms with van der Waals surface area (Å²) in [5, 5.41) is 5.78. The monoisotopic (exact) mass is 340 g/mol. The van der Waals surface area contributed by atoms with Crippen molar-refractivity contribution in [2.24, 2.45) is 0 Å². The van der Waals surface area contributed by atoms with E-state index in [-0.39, 0.29) is 12.5 Å². The van der Waals surface area contributed by atoms with Gasteiger partial charge in [0, 0.05) is 17.4 Å². The van der Waals surface area contributed by atoms with E-state index < -0.39 is 5.97 Å². The molecular formula is C19H20N2O4. The van der Waals surface area contributed by atoms with Crippen molar-refractivity contribution < 1.29 is 19.1 Å². The van der Waals surface area contributed by atoms with Gasteiger partial charge in [0.15, 0.2) is 0 Å². The van der Waals surface area contributed by atoms with Gasteiger partial charge in [-0.1, -0.05) is 18.7 Å². The lowest BCUT2D eigenvalue weighted by Crippen LogP contribution is -2.21. The molecule has 0 aliphatic carbocycles. The highest BCUT2D eigenvalue weighted by molar-refractivity contribution is 5.94. The van der Waals surface area contributed by atoms with Crippen LogP contribution in [0.5, 0.6) is 5.75 Å². The van der Waals surface area contributed by atoms with Gasteiger partial charge in [0.1, 0.15) is 12.4 Å². The van der Waals surface area contributed by atoms with Crippen LogP contribution in [0.2, 0.25) is 0 Å². The van der Waals surface area contributed by atoms with Crippen LogP contribution in [-0.4, -0.2) is 32.1 Å². The van der Waals surface area contributed by atoms with Crippen molar-refractivity contribution in [3.05, 3.63) is 66.7 Å². The van der Waals surface area contributed by atoms with E-state index in [0.717, 1.165) is 5.69 Å². The summed E-state index contributed by atoms with van der Waals surface area (Å²) in [6, 6.07) is 13.8. The fourth-order valence-corrected chi connectivity index (χ4v) is 2.05. The Morgan fingerprint density at radius 1 is 1.12 bits per heavy atom. The van der Waals surface area contributed by atoms with Crippen molar-refractivity contribution in [2.75, 3.05) is 30.9 Å². The van der Waals surface area contributed by atoms with Crippen LogP contribution < -0.4 is 15.4 Å². The van der Waals surface area contributed by atoms with Gasteiger partial charge < -0.3 is 20.1 Å². The Labute approximate surface area is 146 Å². The smallest absolute Gasteiger partial charge is 0.337 e. The normalized spacial score (nSPS) is 9.80. The number of rotatable bonds is 8. The molecule has 0 bridgehead atoms. The van der Waals surface area contributed by atoms with E-state index in [0.29, 0.717) is 23.6 Å². The molecule has 2 aromatic carbocycles. The van der Waals surface area contributed by atoms with Gasteiger partial charge in [-0.2, -0.15) is 0 Å². The van der Waals surface area contributed by atoms with Gasteiger partial charge >= 0.3 is 5.97 Å². The van der Waals surface area contributed by atoms with Crippen LogP contribution in [0.15, 0.2) is 61.2 Å². The Balaban J connectivity index is 1.86. The Hall–Kier alpha value is -3.28. The van der Waals surface area contributed by atoms with Crippen LogP contribution in [0.25, 0.3) is 0 Å². The van der Waals surface area contributed by atoms with Gasteiger partial charge in [0.2, 0.25) is 5.91 Å². The number of hydrogen-bond donors (Lipinski definition) is 2. The molecule has 25 heavy (non-hydrogen) atoms. The number of carbonyl (C=O) groups is 2. The number of esters is 1. The fraction of sp³-hybridized carbons (Fsp3) is 0.158. The van der Waals surface area contributed by atoms with Crippen LogP contribution in [0.4, 0.5) is 11.4 Å². The van der Waals surface area contributed by atoms with Crippen LogP contribution >= 0.6 is 0 Å². The summed E-state index contributed by atoms with van der Waals surface area (Å²) in [4.78, 5) is 23.4. The van der Waals surface area contributed by atoms with Crippen molar-refractivity contribution in [1.82, 2.24) is 0 Å². The molecule has 0 atom stereocenters. The summed E-state index contributed by atoms with van der Waals surface area (Å²) in [7, 11) is 1.33. The molecule has 0 aliphatic heterocycles. The maximum absolute atomic E-state index is 12.0. The third kappa shape index (κ3) is 5.69. The molecule has 6 nitrogen and oxygen atoms in total. The predicted octanol–water partition coefficient (Wildman–Crippen LogP) is 3.09. The van der Waals surface area contributed by atoms with Gasteiger partial charge in [-0.3, -0.25) is 4.79 Å². The first-order chi connectivity index (χ1) is 12.1. The van der Waals surface area contributed by atoms with Gasteiger partial charge in [-0.15, -0.1) is 0 Å². The number of ether oxygens (including phenoxy) is 2. The average Bonchev–Trinajstić information content (AvgIpc) is 2.65. The Bertz CT molecular complexity index is 741. The number of hydrogen-bond acceptors (Lipinski definition) is 5. The summed E-state index contributed by atoms with van der Waals surface area (Å²) in [5.41, 5.74) is 1.83. The number of nitrogens with one attached hydrogen (secondary N) is 2. The van der Waals surface area contributed by atoms with E-state index in [2.05, 4.69) is 21.9 Å². The molecule has 0 aromatic heterocycles. The zero-order valence-corrected chi connectivity index (χ0v) is 14.0. The summed E-state index contributed by atoms with van der Waals surface area (Å²) in [6.07, 6.45) is 1.65. The highest BCUT2D eigenvalue weighted by Gasteiger charge is 2.06. The highest BCUT2D eigenvalue weighted by atomic mass is 16.5. The van der Waals surface area contributed by atoms with Crippen LogP contribution in [-0.2, 0) is 9.53 Å². The van der Waals surface area contributed by atoms with E-state index in [1.54, 1.807) is 54.6 Å². The third-order valence-corrected chi connectivity index (χ3v) is 3.24. The molecule has 0 unspecified atom stereocenters. The van der Waals surface area contributed by atoms with Gasteiger partial charge in [0.25, 0.3) is 0 Å². The quantitative estimate of drug-likeness (QED) is 0.570. The molecule has 0 saturated carbocycles. The number of carbonyl (C=O) groups excluding carboxylic acids is 2. The first-order valence-electron chi connectivity index (χ1n) is 7.68. The third-order valence-electron chi connectivity index (χ3n) is 3.24. The highest BCUT2D eigenvalue weighted by Crippen LogP contribution is 2.17. The number of benzene rings is 2. The minimum Gasteiger partial charge on any atom is -0.489 e. The molecule has 130 valence electrons. The van der Waals surface area contributed by atoms with E-state index in [1.165, 1.54) is 7.11 Å². The van der Waals surface area contributed by atoms with Crippen molar-refractivity contribution in [1.29, 1.82) is 0 Å². The second kappa shape index (κ2) is 9.12. The van der Waals surface area contributed by atoms with E-state index in [1.807, 2.05) is 0 Å². The topological polar surface area (TPSA) is 76.7 Å². The first-order valence-corrected chi connectivity index (χ1v) is 7.68. The van der Waals surface area contributed by atoms with E-state index >= 15 is 0 Å². The number of anilines is 2. The zero-order chi connectivity index (χ0) is 18.1. The molecule has 1 amide bonds. The maximum Gasteiger partial charge on any atom is 0.337 e. The van der Waals surface area contributed by atoms with Gasteiger partial charge in [-0.25, -0.2) is 4.79 Å². The molecule has 6 heteroatoms. The number of methoxy groups -OCH3 is 1. The molecule has 0 heterocycles. The van der Waals surface area contributed by atoms with Gasteiger partial charge in [0.05, 0.1) is 19.2 Å². The Morgan fingerprint density at radius 2 is 1.88 bits per heavy atom. The lowest BCUT2D eigenvalue weighted by molar-refractivity contribution is -0.114. The molecule has 0 aliphatic rings. The van der Waals surface area contributed by atoms with E-state index in [9.17, 15) is 9.59 Å². The van der Waals surface area contributed by atoms with Crippen molar-refractivity contribution in [3.63, 3.8) is 0 Å². The lowest BCUT2D eigenvalue weighted by atomic mass is 10.2. The molecule has 0 spiro atoms. The Kier molecular flexibility index (Phi) is 6.59. The SMILES string of the molecule is C=CCOc1cccc(NC(=O)CNc2ccc(C(=O)OC)cc2)c1. The Morgan fingerprint density at radius 3 is 2.56 bits per heavy atom. The van der Waals surface area contributed by atoms with Crippen LogP contribution in [0.1, 0.15) is 10.4 Å². The summed E-state index contributed by atoms with van der Waals surface area (Å²) >= 11 is 0. The van der Waals surface area contributed by atoms with Gasteiger partial charge in [-0.05, 0) is 36.4 Å². The fourth-order valence-electron chi connectivity index (χ4n) is 2.05. The average molecular weight is 340 g/mol. The zero-order valence-electron chi connectivity index (χ0n) is 14.0. The molecule has 2 N–H and O–H groups in total. The second-order valence-corrected chi connectivity index (χ2v) is 5.10. The second-order valence-electron chi connectivity index (χ2n) is 5.10. The van der Waals surface area contributed by atoms with Crippen LogP contribution in [0.3, 0.4) is 0 Å². The molecule has 0 saturated heterocycles. The predicted molar refractivity (Wildman–Crippen MR) is 97.0 cm³/mol. The summed E-state index contributed by atoms with van der Waals surface area (Å²) in [6.45, 7) is 4.09. The maximum atomic E-state index is 12.0. The summed E-state index contributed by atoms with van der Waals surface area (Å²) < 4.78 is 10.1. The molecule has 2 aromatic rings. The molecule has 0 radical (unpaired) electrons. The van der Waals surface area contributed by atoms with Crippen molar-refractivity contribution in [3.8, 4) is 5.75 Å². The van der Waals surface area contributed by atoms with E-state index in [4.69, 9.17) is 4.74 Å². The molecular weight excluding hydrogens is 320 g/mol. The van der Waals surface area contributed by atoms with Crippen molar-refractivity contribution >= 4 is 23.3 Å². The molecule has 2 rings (SSSR count). The largest absolute Gasteiger partial charge is 0.489 e. The van der Waals surface area contributed by atoms with Crippen LogP contribution in [0, 0.1) is 0 Å². The number of amides is 1. The minimum atomic E-state index is -0.400. The first kappa shape index (κ1) is 18.1. The molecule has 0 fully saturated rings. The summed E-state index contributed by atoms with van der Waals surface area (Å²) in [5.74, 6) is 0.0600. The standard InChI is InChI=1S/C19H20N2O4/c1-3-11-25-17-6-4-5-16(12-17)21-18(22)13-20-15-9-7-14(8-10-15)19(23)24-2/h3-10,12,20H,1,11,13H2,2H3,(H,21,22). The van der Waals surface area contributed by atoms with Crippen molar-refractivity contribution in [2.45, 2.75) is 0 Å². The minimum absolute atomic E-state index is 0.0926. The lowest BCUT2D eigenvalue weighted by Gasteiger charge is -2.10.